The third-order valence-corrected chi connectivity index (χ3v) is 4.64. The van der Waals surface area contributed by atoms with Gasteiger partial charge in [0.2, 0.25) is 0 Å². The summed E-state index contributed by atoms with van der Waals surface area (Å²) in [5.41, 5.74) is 6.96. The first kappa shape index (κ1) is 17.6. The van der Waals surface area contributed by atoms with Gasteiger partial charge in [0, 0.05) is 34.9 Å². The highest BCUT2D eigenvalue weighted by Gasteiger charge is 2.19. The number of benzene rings is 1. The second-order valence-corrected chi connectivity index (χ2v) is 6.68. The van der Waals surface area contributed by atoms with Crippen LogP contribution in [0.15, 0.2) is 53.8 Å². The molecule has 3 heterocycles. The highest BCUT2D eigenvalue weighted by Crippen LogP contribution is 2.26. The molecule has 0 saturated carbocycles. The van der Waals surface area contributed by atoms with Crippen LogP contribution in [-0.4, -0.2) is 21.6 Å². The van der Waals surface area contributed by atoms with Gasteiger partial charge in [0.05, 0.1) is 17.8 Å². The molecule has 1 N–H and O–H groups in total. The van der Waals surface area contributed by atoms with Crippen molar-refractivity contribution in [2.45, 2.75) is 20.4 Å². The van der Waals surface area contributed by atoms with E-state index in [2.05, 4.69) is 20.3 Å². The number of aryl methyl sites for hydroxylation is 2. The van der Waals surface area contributed by atoms with Crippen LogP contribution in [0.3, 0.4) is 0 Å². The number of pyridine rings is 2. The Bertz CT molecular complexity index is 1160. The zero-order chi connectivity index (χ0) is 19.7. The van der Waals surface area contributed by atoms with Gasteiger partial charge in [-0.1, -0.05) is 6.07 Å². The first-order chi connectivity index (χ1) is 13.5. The molecule has 0 saturated heterocycles. The molecule has 0 spiro atoms. The van der Waals surface area contributed by atoms with Crippen LogP contribution in [0, 0.1) is 25.2 Å². The van der Waals surface area contributed by atoms with E-state index in [0.717, 1.165) is 28.1 Å². The number of aromatic nitrogens is 2. The molecule has 0 unspecified atom stereocenters. The molecule has 2 aromatic heterocycles. The number of nitrogens with one attached hydrogen (secondary N) is 1. The summed E-state index contributed by atoms with van der Waals surface area (Å²) in [6, 6.07) is 13.4. The lowest BCUT2D eigenvalue weighted by molar-refractivity contribution is 0.102. The summed E-state index contributed by atoms with van der Waals surface area (Å²) in [7, 11) is 0. The van der Waals surface area contributed by atoms with E-state index in [1.54, 1.807) is 13.0 Å². The van der Waals surface area contributed by atoms with E-state index in [-0.39, 0.29) is 5.91 Å². The fraction of sp³-hybridized carbons (Fsp3) is 0.136. The number of nitrogens with zero attached hydrogens (tertiary/aromatic N) is 4. The van der Waals surface area contributed by atoms with E-state index in [1.165, 1.54) is 6.20 Å². The first-order valence-electron chi connectivity index (χ1n) is 8.84. The Balaban J connectivity index is 1.60. The molecule has 0 aliphatic carbocycles. The minimum absolute atomic E-state index is 0.302. The van der Waals surface area contributed by atoms with Crippen molar-refractivity contribution in [3.05, 3.63) is 88.0 Å². The van der Waals surface area contributed by atoms with Gasteiger partial charge in [-0.05, 0) is 55.3 Å². The molecule has 0 atom stereocenters. The van der Waals surface area contributed by atoms with Crippen LogP contribution in [0.2, 0.25) is 0 Å². The minimum Gasteiger partial charge on any atom is -0.321 e. The average molecular weight is 367 g/mol. The van der Waals surface area contributed by atoms with Gasteiger partial charge in [0.25, 0.3) is 5.91 Å². The van der Waals surface area contributed by atoms with Crippen molar-refractivity contribution >= 4 is 17.3 Å². The molecule has 28 heavy (non-hydrogen) atoms. The Labute approximate surface area is 162 Å². The Hall–Kier alpha value is -3.85. The molecule has 1 aliphatic rings. The van der Waals surface area contributed by atoms with Gasteiger partial charge in [0.15, 0.2) is 0 Å². The Morgan fingerprint density at radius 3 is 2.68 bits per heavy atom. The maximum atomic E-state index is 12.6. The smallest absolute Gasteiger partial charge is 0.274 e. The molecule has 6 heteroatoms. The van der Waals surface area contributed by atoms with Gasteiger partial charge in [-0.25, -0.2) is 4.98 Å². The molecular weight excluding hydrogens is 350 g/mol. The monoisotopic (exact) mass is 367 g/mol. The summed E-state index contributed by atoms with van der Waals surface area (Å²) in [5, 5.41) is 11.8. The molecule has 136 valence electrons. The fourth-order valence-electron chi connectivity index (χ4n) is 3.18. The largest absolute Gasteiger partial charge is 0.321 e. The second kappa shape index (κ2) is 7.05. The number of rotatable bonds is 3. The van der Waals surface area contributed by atoms with E-state index >= 15 is 0 Å². The summed E-state index contributed by atoms with van der Waals surface area (Å²) in [5.74, 6) is -0.310. The molecule has 6 nitrogen and oxygen atoms in total. The summed E-state index contributed by atoms with van der Waals surface area (Å²) in [6.45, 7) is 4.32. The number of hydrogen-bond donors (Lipinski definition) is 1. The lowest BCUT2D eigenvalue weighted by Gasteiger charge is -2.10. The number of aliphatic imine (C=N–C) groups is 1. The number of carbonyl (C=O) groups is 1. The molecule has 0 fully saturated rings. The van der Waals surface area contributed by atoms with Crippen molar-refractivity contribution in [3.8, 4) is 6.07 Å². The number of carbonyl (C=O) groups excluding carboxylic acids is 1. The topological polar surface area (TPSA) is 91.0 Å². The Morgan fingerprint density at radius 1 is 1.11 bits per heavy atom. The zero-order valence-corrected chi connectivity index (χ0v) is 15.5. The van der Waals surface area contributed by atoms with Crippen molar-refractivity contribution in [2.75, 3.05) is 5.32 Å². The van der Waals surface area contributed by atoms with Crippen molar-refractivity contribution in [1.29, 1.82) is 5.26 Å². The van der Waals surface area contributed by atoms with Crippen LogP contribution < -0.4 is 5.32 Å². The van der Waals surface area contributed by atoms with Crippen LogP contribution >= 0.6 is 0 Å². The molecule has 4 rings (SSSR count). The molecule has 3 aromatic rings. The molecule has 0 bridgehead atoms. The Morgan fingerprint density at radius 2 is 1.96 bits per heavy atom. The van der Waals surface area contributed by atoms with Gasteiger partial charge < -0.3 is 5.32 Å². The third-order valence-electron chi connectivity index (χ3n) is 4.64. The standard InChI is InChI=1S/C22H17N5O/c1-13-7-15(9-23)10-25-20(13)22(28)27-18-6-5-16-11-26-21(19(16)8-18)17-4-3-14(2)24-12-17/h3-8,10,12H,11H2,1-2H3,(H,27,28). The highest BCUT2D eigenvalue weighted by atomic mass is 16.1. The van der Waals surface area contributed by atoms with Crippen LogP contribution in [0.5, 0.6) is 0 Å². The van der Waals surface area contributed by atoms with Crippen molar-refractivity contribution in [1.82, 2.24) is 9.97 Å². The maximum Gasteiger partial charge on any atom is 0.274 e. The lowest BCUT2D eigenvalue weighted by Crippen LogP contribution is -2.16. The third kappa shape index (κ3) is 3.26. The minimum atomic E-state index is -0.310. The predicted molar refractivity (Wildman–Crippen MR) is 106 cm³/mol. The summed E-state index contributed by atoms with van der Waals surface area (Å²) in [6.07, 6.45) is 3.22. The predicted octanol–water partition coefficient (Wildman–Crippen LogP) is 3.57. The maximum absolute atomic E-state index is 12.6. The van der Waals surface area contributed by atoms with Gasteiger partial charge in [-0.2, -0.15) is 5.26 Å². The highest BCUT2D eigenvalue weighted by molar-refractivity contribution is 6.15. The number of amides is 1. The molecule has 1 aromatic carbocycles. The van der Waals surface area contributed by atoms with E-state index in [1.807, 2.05) is 49.5 Å². The van der Waals surface area contributed by atoms with Crippen molar-refractivity contribution in [3.63, 3.8) is 0 Å². The summed E-state index contributed by atoms with van der Waals surface area (Å²) in [4.78, 5) is 25.7. The number of anilines is 1. The van der Waals surface area contributed by atoms with Crippen LogP contribution in [0.4, 0.5) is 5.69 Å². The SMILES string of the molecule is Cc1ccc(C2=NCc3ccc(NC(=O)c4ncc(C#N)cc4C)cc32)cn1. The quantitative estimate of drug-likeness (QED) is 0.766. The van der Waals surface area contributed by atoms with Crippen molar-refractivity contribution < 1.29 is 4.79 Å². The molecule has 1 amide bonds. The van der Waals surface area contributed by atoms with E-state index in [0.29, 0.717) is 29.1 Å². The zero-order valence-electron chi connectivity index (χ0n) is 15.5. The van der Waals surface area contributed by atoms with Crippen LogP contribution in [0.1, 0.15) is 44.0 Å². The van der Waals surface area contributed by atoms with Gasteiger partial charge >= 0.3 is 0 Å². The fourth-order valence-corrected chi connectivity index (χ4v) is 3.18. The summed E-state index contributed by atoms with van der Waals surface area (Å²) >= 11 is 0. The number of fused-ring (bicyclic) bond motifs is 1. The van der Waals surface area contributed by atoms with Gasteiger partial charge in [-0.3, -0.25) is 14.8 Å². The number of nitriles is 1. The average Bonchev–Trinajstić information content (AvgIpc) is 3.11. The second-order valence-electron chi connectivity index (χ2n) is 6.68. The Kier molecular flexibility index (Phi) is 4.42. The van der Waals surface area contributed by atoms with E-state index < -0.39 is 0 Å². The van der Waals surface area contributed by atoms with Gasteiger partial charge in [0.1, 0.15) is 11.8 Å². The normalized spacial score (nSPS) is 12.1. The van der Waals surface area contributed by atoms with Crippen molar-refractivity contribution in [2.24, 2.45) is 4.99 Å². The van der Waals surface area contributed by atoms with E-state index in [9.17, 15) is 4.79 Å². The molecule has 0 radical (unpaired) electrons. The lowest BCUT2D eigenvalue weighted by atomic mass is 10.0. The van der Waals surface area contributed by atoms with Crippen LogP contribution in [-0.2, 0) is 6.54 Å². The van der Waals surface area contributed by atoms with E-state index in [4.69, 9.17) is 5.26 Å². The molecular formula is C22H17N5O. The number of hydrogen-bond acceptors (Lipinski definition) is 5. The van der Waals surface area contributed by atoms with Crippen LogP contribution in [0.25, 0.3) is 0 Å². The molecule has 1 aliphatic heterocycles. The van der Waals surface area contributed by atoms with Gasteiger partial charge in [-0.15, -0.1) is 0 Å². The first-order valence-corrected chi connectivity index (χ1v) is 8.84. The summed E-state index contributed by atoms with van der Waals surface area (Å²) < 4.78 is 0.